The summed E-state index contributed by atoms with van der Waals surface area (Å²) in [7, 11) is 0. The van der Waals surface area contributed by atoms with Crippen LogP contribution in [0.2, 0.25) is 0 Å². The van der Waals surface area contributed by atoms with E-state index >= 15 is 0 Å². The van der Waals surface area contributed by atoms with Crippen LogP contribution in [0, 0.1) is 0 Å². The van der Waals surface area contributed by atoms with Gasteiger partial charge in [0.15, 0.2) is 5.11 Å². The van der Waals surface area contributed by atoms with Crippen molar-refractivity contribution in [1.82, 2.24) is 5.32 Å². The Balaban J connectivity index is 1.63. The number of benzene rings is 2. The van der Waals surface area contributed by atoms with Crippen LogP contribution in [0.1, 0.15) is 25.0 Å². The molecule has 2 N–H and O–H groups in total. The SMILES string of the molecule is C[C@H](OCCCNC(=S)Nc1ccc(OC(F)(F)F)cc1)c1ccccc1. The predicted octanol–water partition coefficient (Wildman–Crippen LogP) is 5.04. The maximum Gasteiger partial charge on any atom is 0.573 e. The highest BCUT2D eigenvalue weighted by molar-refractivity contribution is 7.80. The molecule has 4 nitrogen and oxygen atoms in total. The van der Waals surface area contributed by atoms with E-state index in [9.17, 15) is 13.2 Å². The lowest BCUT2D eigenvalue weighted by Crippen LogP contribution is -2.29. The van der Waals surface area contributed by atoms with E-state index < -0.39 is 6.36 Å². The first-order valence-electron chi connectivity index (χ1n) is 8.41. The minimum atomic E-state index is -4.70. The average Bonchev–Trinajstić information content (AvgIpc) is 2.62. The van der Waals surface area contributed by atoms with Crippen molar-refractivity contribution in [3.63, 3.8) is 0 Å². The Labute approximate surface area is 161 Å². The summed E-state index contributed by atoms with van der Waals surface area (Å²) in [5.74, 6) is -0.281. The number of alkyl halides is 3. The van der Waals surface area contributed by atoms with Crippen LogP contribution in [0.5, 0.6) is 5.75 Å². The fourth-order valence-electron chi connectivity index (χ4n) is 2.27. The second-order valence-corrected chi connectivity index (χ2v) is 6.14. The lowest BCUT2D eigenvalue weighted by atomic mass is 10.1. The normalized spacial score (nSPS) is 12.3. The Morgan fingerprint density at radius 1 is 1.07 bits per heavy atom. The van der Waals surface area contributed by atoms with Crippen LogP contribution in [0.15, 0.2) is 54.6 Å². The maximum absolute atomic E-state index is 12.1. The molecule has 0 aliphatic heterocycles. The Hall–Kier alpha value is -2.32. The lowest BCUT2D eigenvalue weighted by Gasteiger charge is -2.14. The number of nitrogens with one attached hydrogen (secondary N) is 2. The first kappa shape index (κ1) is 21.0. The summed E-state index contributed by atoms with van der Waals surface area (Å²) in [5, 5.41) is 6.31. The molecule has 146 valence electrons. The molecule has 0 spiro atoms. The molecule has 2 rings (SSSR count). The van der Waals surface area contributed by atoms with E-state index in [0.29, 0.717) is 24.0 Å². The van der Waals surface area contributed by atoms with Crippen LogP contribution < -0.4 is 15.4 Å². The molecule has 0 saturated heterocycles. The van der Waals surface area contributed by atoms with Crippen molar-refractivity contribution < 1.29 is 22.6 Å². The molecule has 2 aromatic rings. The van der Waals surface area contributed by atoms with Crippen molar-refractivity contribution in [2.45, 2.75) is 25.8 Å². The molecule has 1 atom stereocenters. The molecular weight excluding hydrogens is 377 g/mol. The molecule has 0 aliphatic rings. The van der Waals surface area contributed by atoms with E-state index in [2.05, 4.69) is 15.4 Å². The zero-order chi connectivity index (χ0) is 19.7. The van der Waals surface area contributed by atoms with Gasteiger partial charge in [-0.3, -0.25) is 0 Å². The molecule has 0 unspecified atom stereocenters. The van der Waals surface area contributed by atoms with Crippen LogP contribution in [-0.4, -0.2) is 24.6 Å². The molecule has 0 bridgehead atoms. The van der Waals surface area contributed by atoms with E-state index in [0.717, 1.165) is 12.0 Å². The molecule has 0 amide bonds. The van der Waals surface area contributed by atoms with Crippen molar-refractivity contribution in [2.75, 3.05) is 18.5 Å². The van der Waals surface area contributed by atoms with Gasteiger partial charge in [0.2, 0.25) is 0 Å². The zero-order valence-corrected chi connectivity index (χ0v) is 15.6. The Morgan fingerprint density at radius 3 is 2.37 bits per heavy atom. The molecule has 0 fully saturated rings. The summed E-state index contributed by atoms with van der Waals surface area (Å²) >= 11 is 5.16. The molecule has 0 saturated carbocycles. The van der Waals surface area contributed by atoms with Crippen molar-refractivity contribution in [1.29, 1.82) is 0 Å². The zero-order valence-electron chi connectivity index (χ0n) is 14.8. The topological polar surface area (TPSA) is 42.5 Å². The van der Waals surface area contributed by atoms with Gasteiger partial charge in [-0.25, -0.2) is 0 Å². The van der Waals surface area contributed by atoms with E-state index in [-0.39, 0.29) is 11.9 Å². The summed E-state index contributed by atoms with van der Waals surface area (Å²) in [6.45, 7) is 3.19. The molecule has 27 heavy (non-hydrogen) atoms. The van der Waals surface area contributed by atoms with Gasteiger partial charge in [0.1, 0.15) is 5.75 Å². The summed E-state index contributed by atoms with van der Waals surface area (Å²) in [6.07, 6.45) is -3.92. The minimum absolute atomic E-state index is 0.0220. The van der Waals surface area contributed by atoms with Gasteiger partial charge in [-0.2, -0.15) is 0 Å². The second kappa shape index (κ2) is 10.1. The van der Waals surface area contributed by atoms with Gasteiger partial charge >= 0.3 is 6.36 Å². The molecule has 2 aromatic carbocycles. The first-order chi connectivity index (χ1) is 12.8. The number of anilines is 1. The molecule has 0 aromatic heterocycles. The van der Waals surface area contributed by atoms with Crippen LogP contribution in [0.3, 0.4) is 0 Å². The average molecular weight is 398 g/mol. The lowest BCUT2D eigenvalue weighted by molar-refractivity contribution is -0.274. The number of rotatable bonds is 8. The van der Waals surface area contributed by atoms with Crippen LogP contribution in [0.25, 0.3) is 0 Å². The molecule has 8 heteroatoms. The van der Waals surface area contributed by atoms with Gasteiger partial charge in [-0.05, 0) is 55.4 Å². The van der Waals surface area contributed by atoms with Crippen molar-refractivity contribution >= 4 is 23.0 Å². The number of hydrogen-bond donors (Lipinski definition) is 2. The number of thiocarbonyl (C=S) groups is 1. The van der Waals surface area contributed by atoms with Crippen molar-refractivity contribution in [3.05, 3.63) is 60.2 Å². The third-order valence-electron chi connectivity index (χ3n) is 3.59. The standard InChI is InChI=1S/C19H21F3N2O2S/c1-14(15-6-3-2-4-7-15)25-13-5-12-23-18(27)24-16-8-10-17(11-9-16)26-19(20,21)22/h2-4,6-11,14H,5,12-13H2,1H3,(H2,23,24,27)/t14-/m0/s1. The Kier molecular flexibility index (Phi) is 7.87. The fourth-order valence-corrected chi connectivity index (χ4v) is 2.49. The molecule has 0 heterocycles. The molecular formula is C19H21F3N2O2S. The van der Waals surface area contributed by atoms with E-state index in [1.54, 1.807) is 0 Å². The van der Waals surface area contributed by atoms with E-state index in [4.69, 9.17) is 17.0 Å². The van der Waals surface area contributed by atoms with E-state index in [1.165, 1.54) is 24.3 Å². The van der Waals surface area contributed by atoms with Crippen LogP contribution in [-0.2, 0) is 4.74 Å². The fraction of sp³-hybridized carbons (Fsp3) is 0.316. The third kappa shape index (κ3) is 8.27. The molecule has 0 aliphatic carbocycles. The van der Waals surface area contributed by atoms with Crippen molar-refractivity contribution in [3.8, 4) is 5.75 Å². The summed E-state index contributed by atoms with van der Waals surface area (Å²) < 4.78 is 46.0. The van der Waals surface area contributed by atoms with Gasteiger partial charge in [0.05, 0.1) is 6.10 Å². The van der Waals surface area contributed by atoms with Crippen LogP contribution >= 0.6 is 12.2 Å². The quantitative estimate of drug-likeness (QED) is 0.482. The number of ether oxygens (including phenoxy) is 2. The predicted molar refractivity (Wildman–Crippen MR) is 103 cm³/mol. The van der Waals surface area contributed by atoms with E-state index in [1.807, 2.05) is 37.3 Å². The van der Waals surface area contributed by atoms with Gasteiger partial charge in [0, 0.05) is 18.8 Å². The number of hydrogen-bond acceptors (Lipinski definition) is 3. The minimum Gasteiger partial charge on any atom is -0.406 e. The molecule has 0 radical (unpaired) electrons. The smallest absolute Gasteiger partial charge is 0.406 e. The monoisotopic (exact) mass is 398 g/mol. The first-order valence-corrected chi connectivity index (χ1v) is 8.81. The largest absolute Gasteiger partial charge is 0.573 e. The Bertz CT molecular complexity index is 709. The maximum atomic E-state index is 12.1. The highest BCUT2D eigenvalue weighted by atomic mass is 32.1. The van der Waals surface area contributed by atoms with Gasteiger partial charge < -0.3 is 20.1 Å². The highest BCUT2D eigenvalue weighted by Crippen LogP contribution is 2.23. The summed E-state index contributed by atoms with van der Waals surface area (Å²) in [5.41, 5.74) is 1.69. The number of halogens is 3. The second-order valence-electron chi connectivity index (χ2n) is 5.73. The van der Waals surface area contributed by atoms with Gasteiger partial charge in [0.25, 0.3) is 0 Å². The summed E-state index contributed by atoms with van der Waals surface area (Å²) in [6, 6.07) is 15.3. The highest BCUT2D eigenvalue weighted by Gasteiger charge is 2.30. The third-order valence-corrected chi connectivity index (χ3v) is 3.84. The van der Waals surface area contributed by atoms with Crippen LogP contribution in [0.4, 0.5) is 18.9 Å². The Morgan fingerprint density at radius 2 is 1.74 bits per heavy atom. The van der Waals surface area contributed by atoms with Gasteiger partial charge in [-0.15, -0.1) is 13.2 Å². The van der Waals surface area contributed by atoms with Gasteiger partial charge in [-0.1, -0.05) is 30.3 Å². The van der Waals surface area contributed by atoms with Crippen molar-refractivity contribution in [2.24, 2.45) is 0 Å². The summed E-state index contributed by atoms with van der Waals surface area (Å²) in [4.78, 5) is 0.